The Balaban J connectivity index is 1.59. The van der Waals surface area contributed by atoms with E-state index < -0.39 is 20.2 Å². The van der Waals surface area contributed by atoms with Crippen LogP contribution in [-0.4, -0.2) is 38.7 Å². The summed E-state index contributed by atoms with van der Waals surface area (Å²) in [6.45, 7) is 11.5. The van der Waals surface area contributed by atoms with Gasteiger partial charge in [-0.1, -0.05) is 44.0 Å². The Hall–Kier alpha value is -1.87. The lowest BCUT2D eigenvalue weighted by atomic mass is 10.2. The van der Waals surface area contributed by atoms with E-state index in [1.54, 1.807) is 12.1 Å². The summed E-state index contributed by atoms with van der Waals surface area (Å²) in [5, 5.41) is 0.312. The van der Waals surface area contributed by atoms with E-state index in [-0.39, 0.29) is 22.8 Å². The monoisotopic (exact) mass is 500 g/mol. The second-order valence-corrected chi connectivity index (χ2v) is 14.7. The van der Waals surface area contributed by atoms with Gasteiger partial charge in [0.25, 0.3) is 0 Å². The molecule has 1 aliphatic rings. The van der Waals surface area contributed by atoms with Gasteiger partial charge in [-0.15, -0.1) is 0 Å². The Kier molecular flexibility index (Phi) is 7.39. The summed E-state index contributed by atoms with van der Waals surface area (Å²) in [7, 11) is -1.94. The first-order chi connectivity index (χ1) is 14.9. The molecule has 1 amide bonds. The van der Waals surface area contributed by atoms with Gasteiger partial charge in [0.15, 0.2) is 8.32 Å². The van der Waals surface area contributed by atoms with Gasteiger partial charge >= 0.3 is 6.09 Å². The van der Waals surface area contributed by atoms with Crippen molar-refractivity contribution < 1.29 is 23.1 Å². The molecule has 2 aromatic rings. The first kappa shape index (κ1) is 24.8. The number of carbonyl (C=O) groups excluding carboxylic acids is 1. The number of rotatable bonds is 7. The summed E-state index contributed by atoms with van der Waals surface area (Å²) < 4.78 is 30.9. The molecular formula is C22H27Cl2FN2O4Si. The maximum Gasteiger partial charge on any atom is 0.416 e. The molecule has 1 aliphatic heterocycles. The summed E-state index contributed by atoms with van der Waals surface area (Å²) in [6.07, 6.45) is 0.656. The van der Waals surface area contributed by atoms with Crippen molar-refractivity contribution in [3.63, 3.8) is 0 Å². The highest BCUT2D eigenvalue weighted by molar-refractivity contribution is 6.74. The lowest BCUT2D eigenvalue weighted by molar-refractivity contribution is 0.0996. The number of carbonyl (C=O) groups is 1. The van der Waals surface area contributed by atoms with Gasteiger partial charge in [0.05, 0.1) is 24.4 Å². The molecule has 1 saturated heterocycles. The summed E-state index contributed by atoms with van der Waals surface area (Å²) in [5.41, 5.74) is 0.352. The van der Waals surface area contributed by atoms with Gasteiger partial charge in [0, 0.05) is 10.6 Å². The van der Waals surface area contributed by atoms with Crippen molar-refractivity contribution in [3.05, 3.63) is 51.9 Å². The molecule has 174 valence electrons. The van der Waals surface area contributed by atoms with Crippen LogP contribution < -0.4 is 9.64 Å². The molecule has 1 unspecified atom stereocenters. The highest BCUT2D eigenvalue weighted by Gasteiger charge is 2.40. The molecule has 1 fully saturated rings. The van der Waals surface area contributed by atoms with Gasteiger partial charge in [0.1, 0.15) is 30.1 Å². The number of ether oxygens (including phenoxy) is 2. The highest BCUT2D eigenvalue weighted by Crippen LogP contribution is 2.37. The molecule has 1 aromatic heterocycles. The van der Waals surface area contributed by atoms with Crippen LogP contribution in [0, 0.1) is 5.82 Å². The van der Waals surface area contributed by atoms with Crippen molar-refractivity contribution in [3.8, 4) is 5.75 Å². The van der Waals surface area contributed by atoms with Crippen LogP contribution in [0.3, 0.4) is 0 Å². The predicted molar refractivity (Wildman–Crippen MR) is 126 cm³/mol. The van der Waals surface area contributed by atoms with Gasteiger partial charge in [-0.2, -0.15) is 0 Å². The molecule has 0 radical (unpaired) electrons. The fourth-order valence-corrected chi connectivity index (χ4v) is 4.30. The van der Waals surface area contributed by atoms with Crippen molar-refractivity contribution in [1.82, 2.24) is 4.98 Å². The smallest absolute Gasteiger partial charge is 0.416 e. The topological polar surface area (TPSA) is 60.9 Å². The first-order valence-corrected chi connectivity index (χ1v) is 13.9. The third-order valence-electron chi connectivity index (χ3n) is 5.83. The molecule has 0 bridgehead atoms. The SMILES string of the molecule is CC(C)(C)[Si](C)(C)OCC1CN(c2ccc(OCc3c(Cl)ccc(F)c3Cl)cn2)C(=O)O1. The lowest BCUT2D eigenvalue weighted by Gasteiger charge is -2.36. The first-order valence-electron chi connectivity index (χ1n) is 10.2. The van der Waals surface area contributed by atoms with Crippen LogP contribution in [0.4, 0.5) is 15.0 Å². The van der Waals surface area contributed by atoms with Crippen LogP contribution >= 0.6 is 23.2 Å². The molecule has 0 aliphatic carbocycles. The third-order valence-corrected chi connectivity index (χ3v) is 11.1. The number of hydrogen-bond acceptors (Lipinski definition) is 5. The summed E-state index contributed by atoms with van der Waals surface area (Å²) in [5.74, 6) is 0.303. The molecule has 32 heavy (non-hydrogen) atoms. The number of halogens is 3. The van der Waals surface area contributed by atoms with E-state index in [0.717, 1.165) is 0 Å². The third kappa shape index (κ3) is 5.54. The van der Waals surface area contributed by atoms with Crippen molar-refractivity contribution in [2.75, 3.05) is 18.1 Å². The van der Waals surface area contributed by atoms with Gasteiger partial charge in [-0.25, -0.2) is 14.2 Å². The largest absolute Gasteiger partial charge is 0.487 e. The van der Waals surface area contributed by atoms with E-state index in [0.29, 0.717) is 35.3 Å². The summed E-state index contributed by atoms with van der Waals surface area (Å²) in [4.78, 5) is 18.1. The van der Waals surface area contributed by atoms with E-state index in [1.165, 1.54) is 23.2 Å². The molecule has 3 rings (SSSR count). The van der Waals surface area contributed by atoms with Crippen molar-refractivity contribution in [1.29, 1.82) is 0 Å². The molecular weight excluding hydrogens is 474 g/mol. The number of cyclic esters (lactones) is 1. The Morgan fingerprint density at radius 3 is 2.59 bits per heavy atom. The number of benzene rings is 1. The average molecular weight is 501 g/mol. The van der Waals surface area contributed by atoms with E-state index in [1.807, 2.05) is 0 Å². The maximum absolute atomic E-state index is 13.6. The maximum atomic E-state index is 13.6. The fourth-order valence-electron chi connectivity index (χ4n) is 2.79. The summed E-state index contributed by atoms with van der Waals surface area (Å²) >= 11 is 12.0. The second-order valence-electron chi connectivity index (χ2n) is 9.15. The fraction of sp³-hybridized carbons (Fsp3) is 0.455. The molecule has 10 heteroatoms. The Morgan fingerprint density at radius 1 is 1.25 bits per heavy atom. The van der Waals surface area contributed by atoms with Crippen LogP contribution in [-0.2, 0) is 15.8 Å². The number of anilines is 1. The standard InChI is InChI=1S/C22H27Cl2FN2O4Si/c1-22(2,3)32(4,5)30-12-15-11-27(21(28)31-15)19-9-6-14(10-26-19)29-13-16-17(23)7-8-18(25)20(16)24/h6-10,15H,11-13H2,1-5H3. The molecule has 2 heterocycles. The predicted octanol–water partition coefficient (Wildman–Crippen LogP) is 6.45. The van der Waals surface area contributed by atoms with Crippen molar-refractivity contribution in [2.45, 2.75) is 51.6 Å². The molecule has 1 aromatic carbocycles. The Bertz CT molecular complexity index is 983. The zero-order valence-corrected chi connectivity index (χ0v) is 21.3. The van der Waals surface area contributed by atoms with Crippen LogP contribution in [0.1, 0.15) is 26.3 Å². The highest BCUT2D eigenvalue weighted by atomic mass is 35.5. The minimum Gasteiger partial charge on any atom is -0.487 e. The summed E-state index contributed by atoms with van der Waals surface area (Å²) in [6, 6.07) is 5.94. The zero-order valence-electron chi connectivity index (χ0n) is 18.7. The molecule has 6 nitrogen and oxygen atoms in total. The van der Waals surface area contributed by atoms with Gasteiger partial charge in [0.2, 0.25) is 0 Å². The van der Waals surface area contributed by atoms with Crippen LogP contribution in [0.25, 0.3) is 0 Å². The van der Waals surface area contributed by atoms with E-state index in [2.05, 4.69) is 38.8 Å². The molecule has 0 N–H and O–H groups in total. The molecule has 0 spiro atoms. The zero-order chi connectivity index (χ0) is 23.7. The molecule has 1 atom stereocenters. The van der Waals surface area contributed by atoms with E-state index in [4.69, 9.17) is 37.1 Å². The van der Waals surface area contributed by atoms with Crippen LogP contribution in [0.5, 0.6) is 5.75 Å². The Morgan fingerprint density at radius 2 is 1.97 bits per heavy atom. The van der Waals surface area contributed by atoms with Gasteiger partial charge in [-0.05, 0) is 42.4 Å². The molecule has 0 saturated carbocycles. The van der Waals surface area contributed by atoms with Crippen LogP contribution in [0.2, 0.25) is 28.2 Å². The van der Waals surface area contributed by atoms with E-state index in [9.17, 15) is 9.18 Å². The number of nitrogens with zero attached hydrogens (tertiary/aromatic N) is 2. The minimum atomic E-state index is -1.94. The number of amides is 1. The average Bonchev–Trinajstić information content (AvgIpc) is 3.10. The van der Waals surface area contributed by atoms with Crippen molar-refractivity contribution in [2.24, 2.45) is 0 Å². The quantitative estimate of drug-likeness (QED) is 0.322. The number of pyridine rings is 1. The van der Waals surface area contributed by atoms with Gasteiger partial charge in [-0.3, -0.25) is 4.90 Å². The van der Waals surface area contributed by atoms with Crippen LogP contribution in [0.15, 0.2) is 30.5 Å². The Labute approximate surface area is 198 Å². The second kappa shape index (κ2) is 9.55. The van der Waals surface area contributed by atoms with Crippen molar-refractivity contribution >= 4 is 43.4 Å². The van der Waals surface area contributed by atoms with E-state index >= 15 is 0 Å². The number of aromatic nitrogens is 1. The number of hydrogen-bond donors (Lipinski definition) is 0. The lowest BCUT2D eigenvalue weighted by Crippen LogP contribution is -2.43. The minimum absolute atomic E-state index is 0.0188. The van der Waals surface area contributed by atoms with Gasteiger partial charge < -0.3 is 13.9 Å². The normalized spacial score (nSPS) is 16.9.